The van der Waals surface area contributed by atoms with E-state index in [1.165, 1.54) is 4.90 Å². The number of alkyl carbamates (subject to hydrolysis) is 1. The third kappa shape index (κ3) is 9.08. The Labute approximate surface area is 209 Å². The molecule has 2 atom stereocenters. The number of hydrogen-bond donors (Lipinski definition) is 2. The van der Waals surface area contributed by atoms with E-state index in [2.05, 4.69) is 10.6 Å². The number of carbonyl (C=O) groups excluding carboxylic acids is 3. The summed E-state index contributed by atoms with van der Waals surface area (Å²) in [6.07, 6.45) is -0.250. The van der Waals surface area contributed by atoms with Gasteiger partial charge in [-0.3, -0.25) is 9.59 Å². The van der Waals surface area contributed by atoms with Gasteiger partial charge in [0.2, 0.25) is 11.8 Å². The molecule has 7 nitrogen and oxygen atoms in total. The van der Waals surface area contributed by atoms with Crippen molar-refractivity contribution in [2.75, 3.05) is 7.05 Å². The minimum atomic E-state index is -0.860. The Hall–Kier alpha value is -3.35. The maximum Gasteiger partial charge on any atom is 0.408 e. The third-order valence-electron chi connectivity index (χ3n) is 5.35. The second-order valence-electron chi connectivity index (χ2n) is 10.3. The minimum Gasteiger partial charge on any atom is -0.444 e. The van der Waals surface area contributed by atoms with Crippen LogP contribution in [0.2, 0.25) is 0 Å². The van der Waals surface area contributed by atoms with Gasteiger partial charge in [-0.05, 0) is 51.2 Å². The molecule has 0 saturated heterocycles. The average molecular weight is 482 g/mol. The lowest BCUT2D eigenvalue weighted by Crippen LogP contribution is -2.52. The van der Waals surface area contributed by atoms with Crippen LogP contribution in [-0.2, 0) is 20.9 Å². The van der Waals surface area contributed by atoms with Crippen molar-refractivity contribution >= 4 is 17.9 Å². The highest BCUT2D eigenvalue weighted by molar-refractivity contribution is 5.92. The minimum absolute atomic E-state index is 0.136. The van der Waals surface area contributed by atoms with Crippen LogP contribution in [0.5, 0.6) is 0 Å². The van der Waals surface area contributed by atoms with Crippen LogP contribution in [0, 0.1) is 12.8 Å². The molecule has 0 aliphatic heterocycles. The van der Waals surface area contributed by atoms with E-state index in [9.17, 15) is 14.4 Å². The molecule has 7 heteroatoms. The highest BCUT2D eigenvalue weighted by Gasteiger charge is 2.34. The van der Waals surface area contributed by atoms with E-state index in [4.69, 9.17) is 4.74 Å². The number of benzene rings is 2. The smallest absolute Gasteiger partial charge is 0.408 e. The van der Waals surface area contributed by atoms with Gasteiger partial charge in [0, 0.05) is 13.6 Å². The van der Waals surface area contributed by atoms with Gasteiger partial charge >= 0.3 is 6.09 Å². The molecule has 2 unspecified atom stereocenters. The van der Waals surface area contributed by atoms with Crippen LogP contribution in [-0.4, -0.2) is 41.5 Å². The van der Waals surface area contributed by atoms with Gasteiger partial charge in [-0.25, -0.2) is 4.79 Å². The summed E-state index contributed by atoms with van der Waals surface area (Å²) in [5.41, 5.74) is 1.95. The van der Waals surface area contributed by atoms with Crippen LogP contribution in [0.15, 0.2) is 54.6 Å². The molecule has 2 aromatic rings. The maximum atomic E-state index is 13.6. The lowest BCUT2D eigenvalue weighted by Gasteiger charge is -2.32. The van der Waals surface area contributed by atoms with Crippen molar-refractivity contribution in [3.8, 4) is 0 Å². The Morgan fingerprint density at radius 3 is 2.23 bits per heavy atom. The molecule has 0 fully saturated rings. The number of aryl methyl sites for hydroxylation is 1. The standard InChI is InChI=1S/C28H39N3O4/c1-19(2)16-23(30-27(34)35-28(4,5)6)26(33)31(7)24(22-15-11-12-20(3)17-22)25(32)29-18-21-13-9-8-10-14-21/h8-15,17,19,23-24H,16,18H2,1-7H3,(H,29,32)(H,30,34). The normalized spacial score (nSPS) is 13.0. The van der Waals surface area contributed by atoms with E-state index in [-0.39, 0.29) is 17.7 Å². The first-order valence-corrected chi connectivity index (χ1v) is 12.0. The number of hydrogen-bond acceptors (Lipinski definition) is 4. The zero-order valence-electron chi connectivity index (χ0n) is 21.9. The van der Waals surface area contributed by atoms with E-state index in [1.807, 2.05) is 75.4 Å². The molecule has 0 spiro atoms. The predicted octanol–water partition coefficient (Wildman–Crippen LogP) is 4.75. The molecule has 3 amide bonds. The van der Waals surface area contributed by atoms with Crippen molar-refractivity contribution in [2.24, 2.45) is 5.92 Å². The van der Waals surface area contributed by atoms with Gasteiger partial charge in [0.1, 0.15) is 17.7 Å². The fraction of sp³-hybridized carbons (Fsp3) is 0.464. The summed E-state index contributed by atoms with van der Waals surface area (Å²) in [5, 5.41) is 5.68. The van der Waals surface area contributed by atoms with Gasteiger partial charge in [-0.1, -0.05) is 74.0 Å². The lowest BCUT2D eigenvalue weighted by atomic mass is 9.99. The second kappa shape index (κ2) is 12.4. The van der Waals surface area contributed by atoms with E-state index >= 15 is 0 Å². The van der Waals surface area contributed by atoms with E-state index < -0.39 is 23.8 Å². The Morgan fingerprint density at radius 2 is 1.66 bits per heavy atom. The summed E-state index contributed by atoms with van der Waals surface area (Å²) in [5.74, 6) is -0.515. The number of ether oxygens (including phenoxy) is 1. The second-order valence-corrected chi connectivity index (χ2v) is 10.3. The summed E-state index contributed by atoms with van der Waals surface area (Å²) in [4.78, 5) is 40.9. The molecule has 35 heavy (non-hydrogen) atoms. The predicted molar refractivity (Wildman–Crippen MR) is 138 cm³/mol. The molecule has 0 radical (unpaired) electrons. The lowest BCUT2D eigenvalue weighted by molar-refractivity contribution is -0.141. The van der Waals surface area contributed by atoms with Crippen LogP contribution in [0.1, 0.15) is 63.8 Å². The van der Waals surface area contributed by atoms with E-state index in [0.29, 0.717) is 18.5 Å². The maximum absolute atomic E-state index is 13.6. The van der Waals surface area contributed by atoms with Gasteiger partial charge in [0.15, 0.2) is 0 Å². The Kier molecular flexibility index (Phi) is 9.87. The van der Waals surface area contributed by atoms with Crippen molar-refractivity contribution in [2.45, 2.75) is 72.2 Å². The average Bonchev–Trinajstić information content (AvgIpc) is 2.76. The molecule has 190 valence electrons. The summed E-state index contributed by atoms with van der Waals surface area (Å²) < 4.78 is 5.38. The fourth-order valence-corrected chi connectivity index (χ4v) is 3.79. The van der Waals surface area contributed by atoms with Crippen LogP contribution in [0.25, 0.3) is 0 Å². The summed E-state index contributed by atoms with van der Waals surface area (Å²) in [7, 11) is 1.60. The third-order valence-corrected chi connectivity index (χ3v) is 5.35. The molecular weight excluding hydrogens is 442 g/mol. The number of nitrogens with zero attached hydrogens (tertiary/aromatic N) is 1. The Morgan fingerprint density at radius 1 is 1.00 bits per heavy atom. The van der Waals surface area contributed by atoms with Crippen molar-refractivity contribution < 1.29 is 19.1 Å². The number of likely N-dealkylation sites (N-methyl/N-ethyl adjacent to an activating group) is 1. The molecular formula is C28H39N3O4. The molecule has 2 rings (SSSR count). The quantitative estimate of drug-likeness (QED) is 0.541. The number of carbonyl (C=O) groups is 3. The molecule has 2 aromatic carbocycles. The summed E-state index contributed by atoms with van der Waals surface area (Å²) in [6, 6.07) is 15.5. The van der Waals surface area contributed by atoms with Gasteiger partial charge < -0.3 is 20.3 Å². The summed E-state index contributed by atoms with van der Waals surface area (Å²) in [6.45, 7) is 11.5. The monoisotopic (exact) mass is 481 g/mol. The zero-order chi connectivity index (χ0) is 26.2. The molecule has 0 saturated carbocycles. The first kappa shape index (κ1) is 27.9. The van der Waals surface area contributed by atoms with Gasteiger partial charge in [-0.15, -0.1) is 0 Å². The van der Waals surface area contributed by atoms with Crippen LogP contribution < -0.4 is 10.6 Å². The zero-order valence-corrected chi connectivity index (χ0v) is 21.9. The van der Waals surface area contributed by atoms with Crippen LogP contribution in [0.4, 0.5) is 4.79 Å². The highest BCUT2D eigenvalue weighted by atomic mass is 16.6. The number of amides is 3. The molecule has 0 bridgehead atoms. The van der Waals surface area contributed by atoms with Gasteiger partial charge in [0.25, 0.3) is 0 Å². The van der Waals surface area contributed by atoms with E-state index in [0.717, 1.165) is 11.1 Å². The molecule has 0 aromatic heterocycles. The van der Waals surface area contributed by atoms with Crippen LogP contribution >= 0.6 is 0 Å². The van der Waals surface area contributed by atoms with Crippen molar-refractivity contribution in [3.05, 3.63) is 71.3 Å². The molecule has 2 N–H and O–H groups in total. The van der Waals surface area contributed by atoms with E-state index in [1.54, 1.807) is 27.8 Å². The first-order chi connectivity index (χ1) is 16.4. The largest absolute Gasteiger partial charge is 0.444 e. The highest BCUT2D eigenvalue weighted by Crippen LogP contribution is 2.23. The first-order valence-electron chi connectivity index (χ1n) is 12.0. The number of rotatable bonds is 9. The Balaban J connectivity index is 2.30. The van der Waals surface area contributed by atoms with Gasteiger partial charge in [-0.2, -0.15) is 0 Å². The molecule has 0 aliphatic rings. The van der Waals surface area contributed by atoms with Gasteiger partial charge in [0.05, 0.1) is 0 Å². The Bertz CT molecular complexity index is 999. The van der Waals surface area contributed by atoms with Crippen molar-refractivity contribution in [3.63, 3.8) is 0 Å². The van der Waals surface area contributed by atoms with Crippen molar-refractivity contribution in [1.29, 1.82) is 0 Å². The number of nitrogens with one attached hydrogen (secondary N) is 2. The molecule has 0 aliphatic carbocycles. The topological polar surface area (TPSA) is 87.7 Å². The fourth-order valence-electron chi connectivity index (χ4n) is 3.79. The van der Waals surface area contributed by atoms with Crippen LogP contribution in [0.3, 0.4) is 0 Å². The molecule has 0 heterocycles. The SMILES string of the molecule is Cc1cccc(C(C(=O)NCc2ccccc2)N(C)C(=O)C(CC(C)C)NC(=O)OC(C)(C)C)c1. The summed E-state index contributed by atoms with van der Waals surface area (Å²) >= 11 is 0. The van der Waals surface area contributed by atoms with Crippen molar-refractivity contribution in [1.82, 2.24) is 15.5 Å².